The Bertz CT molecular complexity index is 243. The first kappa shape index (κ1) is 15.3. The molecule has 0 aromatic rings. The Morgan fingerprint density at radius 1 is 1.25 bits per heavy atom. The molecule has 0 heterocycles. The molecular formula is C15H26O. The molecule has 0 radical (unpaired) electrons. The zero-order valence-corrected chi connectivity index (χ0v) is 11.1. The van der Waals surface area contributed by atoms with E-state index in [1.54, 1.807) is 0 Å². The third-order valence-electron chi connectivity index (χ3n) is 2.94. The van der Waals surface area contributed by atoms with Gasteiger partial charge in [-0.15, -0.1) is 12.3 Å². The van der Waals surface area contributed by atoms with Crippen molar-refractivity contribution in [3.8, 4) is 12.3 Å². The van der Waals surface area contributed by atoms with Crippen molar-refractivity contribution in [1.29, 1.82) is 0 Å². The van der Waals surface area contributed by atoms with Gasteiger partial charge in [0.1, 0.15) is 0 Å². The molecule has 92 valence electrons. The molecule has 0 aliphatic heterocycles. The molecule has 0 rings (SSSR count). The van der Waals surface area contributed by atoms with E-state index in [0.717, 1.165) is 25.7 Å². The molecule has 1 atom stereocenters. The number of rotatable bonds is 8. The van der Waals surface area contributed by atoms with E-state index >= 15 is 0 Å². The summed E-state index contributed by atoms with van der Waals surface area (Å²) in [7, 11) is 0. The highest BCUT2D eigenvalue weighted by Gasteiger charge is 2.06. The molecule has 0 spiro atoms. The van der Waals surface area contributed by atoms with E-state index in [4.69, 9.17) is 6.42 Å². The van der Waals surface area contributed by atoms with Gasteiger partial charge in [0.05, 0.1) is 6.10 Å². The molecule has 0 fully saturated rings. The number of hydrogen-bond donors (Lipinski definition) is 1. The van der Waals surface area contributed by atoms with Crippen molar-refractivity contribution in [2.75, 3.05) is 0 Å². The summed E-state index contributed by atoms with van der Waals surface area (Å²) in [6.45, 7) is 6.25. The highest BCUT2D eigenvalue weighted by molar-refractivity contribution is 5.19. The first-order chi connectivity index (χ1) is 7.65. The maximum atomic E-state index is 9.33. The average Bonchev–Trinajstić information content (AvgIpc) is 2.26. The van der Waals surface area contributed by atoms with Crippen molar-refractivity contribution in [3.63, 3.8) is 0 Å². The van der Waals surface area contributed by atoms with E-state index in [9.17, 15) is 5.11 Å². The monoisotopic (exact) mass is 222 g/mol. The normalized spacial score (nSPS) is 14.2. The van der Waals surface area contributed by atoms with E-state index < -0.39 is 0 Å². The Kier molecular flexibility index (Phi) is 9.04. The second kappa shape index (κ2) is 9.48. The van der Waals surface area contributed by atoms with E-state index in [-0.39, 0.29) is 6.10 Å². The minimum atomic E-state index is -0.225. The van der Waals surface area contributed by atoms with Crippen LogP contribution in [0.5, 0.6) is 0 Å². The molecule has 1 unspecified atom stereocenters. The van der Waals surface area contributed by atoms with Gasteiger partial charge in [0, 0.05) is 6.42 Å². The summed E-state index contributed by atoms with van der Waals surface area (Å²) in [4.78, 5) is 0. The van der Waals surface area contributed by atoms with Gasteiger partial charge in [0.2, 0.25) is 0 Å². The van der Waals surface area contributed by atoms with Crippen LogP contribution in [0.25, 0.3) is 0 Å². The molecule has 1 N–H and O–H groups in total. The van der Waals surface area contributed by atoms with Crippen molar-refractivity contribution in [2.45, 2.75) is 71.8 Å². The van der Waals surface area contributed by atoms with E-state index in [1.165, 1.54) is 30.4 Å². The van der Waals surface area contributed by atoms with Crippen LogP contribution in [-0.2, 0) is 0 Å². The lowest BCUT2D eigenvalue weighted by Crippen LogP contribution is -2.01. The molecule has 0 aromatic heterocycles. The summed E-state index contributed by atoms with van der Waals surface area (Å²) >= 11 is 0. The van der Waals surface area contributed by atoms with Gasteiger partial charge in [-0.3, -0.25) is 0 Å². The minimum absolute atomic E-state index is 0.225. The largest absolute Gasteiger partial charge is 0.393 e. The van der Waals surface area contributed by atoms with Crippen molar-refractivity contribution in [2.24, 2.45) is 0 Å². The van der Waals surface area contributed by atoms with Crippen LogP contribution >= 0.6 is 0 Å². The van der Waals surface area contributed by atoms with E-state index in [0.29, 0.717) is 0 Å². The standard InChI is InChI=1S/C15H26O/c1-5-8-10-14(7-3)15(9-6-2)12-11-13(4)16/h2,13,16H,5,7-12H2,1,3-4H3/b15-14-. The average molecular weight is 222 g/mol. The molecule has 1 heteroatoms. The van der Waals surface area contributed by atoms with Crippen molar-refractivity contribution in [3.05, 3.63) is 11.1 Å². The molecule has 0 aliphatic carbocycles. The highest BCUT2D eigenvalue weighted by atomic mass is 16.3. The molecule has 0 saturated heterocycles. The quantitative estimate of drug-likeness (QED) is 0.485. The fraction of sp³-hybridized carbons (Fsp3) is 0.733. The summed E-state index contributed by atoms with van der Waals surface area (Å²) in [5.74, 6) is 2.74. The molecular weight excluding hydrogens is 196 g/mol. The summed E-state index contributed by atoms with van der Waals surface area (Å²) < 4.78 is 0. The molecule has 0 bridgehead atoms. The maximum Gasteiger partial charge on any atom is 0.0515 e. The summed E-state index contributed by atoms with van der Waals surface area (Å²) in [6, 6.07) is 0. The lowest BCUT2D eigenvalue weighted by molar-refractivity contribution is 0.184. The van der Waals surface area contributed by atoms with Crippen molar-refractivity contribution < 1.29 is 5.11 Å². The maximum absolute atomic E-state index is 9.33. The first-order valence-electron chi connectivity index (χ1n) is 6.46. The Morgan fingerprint density at radius 3 is 2.38 bits per heavy atom. The summed E-state index contributed by atoms with van der Waals surface area (Å²) in [5, 5.41) is 9.33. The molecule has 0 aromatic carbocycles. The zero-order valence-electron chi connectivity index (χ0n) is 11.1. The topological polar surface area (TPSA) is 20.2 Å². The lowest BCUT2D eigenvalue weighted by Gasteiger charge is -2.13. The van der Waals surface area contributed by atoms with Crippen molar-refractivity contribution >= 4 is 0 Å². The van der Waals surface area contributed by atoms with Gasteiger partial charge < -0.3 is 5.11 Å². The molecule has 0 amide bonds. The van der Waals surface area contributed by atoms with Gasteiger partial charge in [0.25, 0.3) is 0 Å². The predicted octanol–water partition coefficient (Wildman–Crippen LogP) is 4.07. The zero-order chi connectivity index (χ0) is 12.4. The molecule has 0 saturated carbocycles. The Balaban J connectivity index is 4.51. The van der Waals surface area contributed by atoms with Gasteiger partial charge in [-0.1, -0.05) is 31.4 Å². The van der Waals surface area contributed by atoms with E-state index in [2.05, 4.69) is 19.8 Å². The third kappa shape index (κ3) is 6.69. The predicted molar refractivity (Wildman–Crippen MR) is 71.2 cm³/mol. The van der Waals surface area contributed by atoms with Crippen molar-refractivity contribution in [1.82, 2.24) is 0 Å². The first-order valence-corrected chi connectivity index (χ1v) is 6.46. The van der Waals surface area contributed by atoms with Crippen LogP contribution in [0, 0.1) is 12.3 Å². The molecule has 0 aliphatic rings. The number of terminal acetylenes is 1. The Labute approximate surface area is 101 Å². The van der Waals surface area contributed by atoms with Gasteiger partial charge in [0.15, 0.2) is 0 Å². The third-order valence-corrected chi connectivity index (χ3v) is 2.94. The SMILES string of the molecule is C#CC/C(CCC(C)O)=C(\CC)CCCC. The fourth-order valence-corrected chi connectivity index (χ4v) is 1.89. The summed E-state index contributed by atoms with van der Waals surface area (Å²) in [5.41, 5.74) is 2.90. The van der Waals surface area contributed by atoms with Crippen LogP contribution in [-0.4, -0.2) is 11.2 Å². The Morgan fingerprint density at radius 2 is 1.94 bits per heavy atom. The van der Waals surface area contributed by atoms with Crippen LogP contribution in [0.1, 0.15) is 65.7 Å². The van der Waals surface area contributed by atoms with Gasteiger partial charge in [-0.2, -0.15) is 0 Å². The van der Waals surface area contributed by atoms with Gasteiger partial charge in [-0.25, -0.2) is 0 Å². The lowest BCUT2D eigenvalue weighted by atomic mass is 9.94. The second-order valence-corrected chi connectivity index (χ2v) is 4.43. The van der Waals surface area contributed by atoms with Crippen LogP contribution in [0.15, 0.2) is 11.1 Å². The van der Waals surface area contributed by atoms with Crippen LogP contribution < -0.4 is 0 Å². The molecule has 16 heavy (non-hydrogen) atoms. The minimum Gasteiger partial charge on any atom is -0.393 e. The van der Waals surface area contributed by atoms with Gasteiger partial charge in [-0.05, 0) is 39.0 Å². The second-order valence-electron chi connectivity index (χ2n) is 4.43. The number of hydrogen-bond acceptors (Lipinski definition) is 1. The summed E-state index contributed by atoms with van der Waals surface area (Å²) in [6.07, 6.45) is 12.4. The number of aliphatic hydroxyl groups excluding tert-OH is 1. The van der Waals surface area contributed by atoms with E-state index in [1.807, 2.05) is 6.92 Å². The van der Waals surface area contributed by atoms with Crippen LogP contribution in [0.3, 0.4) is 0 Å². The highest BCUT2D eigenvalue weighted by Crippen LogP contribution is 2.23. The number of allylic oxidation sites excluding steroid dienone is 2. The smallest absolute Gasteiger partial charge is 0.0515 e. The number of aliphatic hydroxyl groups is 1. The van der Waals surface area contributed by atoms with Crippen LogP contribution in [0.2, 0.25) is 0 Å². The Hall–Kier alpha value is -0.740. The van der Waals surface area contributed by atoms with Crippen LogP contribution in [0.4, 0.5) is 0 Å². The number of unbranched alkanes of at least 4 members (excludes halogenated alkanes) is 1. The molecule has 1 nitrogen and oxygen atoms in total. The van der Waals surface area contributed by atoms with Gasteiger partial charge >= 0.3 is 0 Å². The fourth-order valence-electron chi connectivity index (χ4n) is 1.89.